The van der Waals surface area contributed by atoms with Crippen molar-refractivity contribution in [3.63, 3.8) is 0 Å². The lowest BCUT2D eigenvalue weighted by atomic mass is 10.3. The van der Waals surface area contributed by atoms with Crippen LogP contribution in [-0.2, 0) is 0 Å². The molecule has 0 spiro atoms. The number of hydrogen-bond donors (Lipinski definition) is 0. The maximum absolute atomic E-state index is 12.5. The van der Waals surface area contributed by atoms with Gasteiger partial charge in [-0.2, -0.15) is 0 Å². The number of methoxy groups -OCH3 is 1. The Bertz CT molecular complexity index is 908. The minimum Gasteiger partial charge on any atom is -0.497 e. The maximum Gasteiger partial charge on any atom is 0.350 e. The van der Waals surface area contributed by atoms with E-state index < -0.39 is 5.69 Å². The summed E-state index contributed by atoms with van der Waals surface area (Å²) in [6.45, 7) is 0. The van der Waals surface area contributed by atoms with Gasteiger partial charge in [0.15, 0.2) is 0 Å². The Morgan fingerprint density at radius 3 is 2.14 bits per heavy atom. The van der Waals surface area contributed by atoms with Crippen molar-refractivity contribution >= 4 is 23.1 Å². The molecule has 7 heteroatoms. The second-order valence-corrected chi connectivity index (χ2v) is 5.78. The Morgan fingerprint density at radius 1 is 0.955 bits per heavy atom. The normalized spacial score (nSPS) is 10.6. The molecule has 0 aliphatic heterocycles. The predicted octanol–water partition coefficient (Wildman–Crippen LogP) is 2.71. The highest BCUT2D eigenvalue weighted by Crippen LogP contribution is 2.15. The van der Waals surface area contributed by atoms with E-state index in [1.807, 2.05) is 0 Å². The Kier molecular flexibility index (Phi) is 3.87. The van der Waals surface area contributed by atoms with E-state index in [0.29, 0.717) is 22.1 Å². The summed E-state index contributed by atoms with van der Waals surface area (Å²) in [5, 5.41) is 0.544. The van der Waals surface area contributed by atoms with Crippen LogP contribution in [-0.4, -0.2) is 15.6 Å². The Morgan fingerprint density at radius 2 is 1.55 bits per heavy atom. The zero-order chi connectivity index (χ0) is 15.7. The third kappa shape index (κ3) is 2.58. The van der Waals surface area contributed by atoms with Crippen LogP contribution in [0.15, 0.2) is 58.1 Å². The molecule has 0 saturated carbocycles. The number of halogens is 1. The van der Waals surface area contributed by atoms with Crippen molar-refractivity contribution in [2.24, 2.45) is 0 Å². The quantitative estimate of drug-likeness (QED) is 0.740. The van der Waals surface area contributed by atoms with Crippen molar-refractivity contribution in [1.82, 2.24) is 8.52 Å². The molecule has 3 aromatic rings. The van der Waals surface area contributed by atoms with Gasteiger partial charge in [-0.15, -0.1) is 0 Å². The van der Waals surface area contributed by atoms with Crippen LogP contribution < -0.4 is 15.3 Å². The van der Waals surface area contributed by atoms with E-state index in [4.69, 9.17) is 16.3 Å². The fourth-order valence-corrected chi connectivity index (χ4v) is 2.95. The van der Waals surface area contributed by atoms with Crippen LogP contribution in [0.3, 0.4) is 0 Å². The van der Waals surface area contributed by atoms with Crippen LogP contribution in [0.5, 0.6) is 5.75 Å². The van der Waals surface area contributed by atoms with Crippen LogP contribution in [0.1, 0.15) is 0 Å². The zero-order valence-electron chi connectivity index (χ0n) is 11.5. The number of aromatic nitrogens is 2. The van der Waals surface area contributed by atoms with Crippen LogP contribution in [0.2, 0.25) is 5.02 Å². The lowest BCUT2D eigenvalue weighted by Crippen LogP contribution is -2.26. The molecule has 0 aliphatic rings. The highest BCUT2D eigenvalue weighted by atomic mass is 35.5. The van der Waals surface area contributed by atoms with Crippen molar-refractivity contribution in [1.29, 1.82) is 0 Å². The van der Waals surface area contributed by atoms with Gasteiger partial charge in [-0.1, -0.05) is 11.6 Å². The van der Waals surface area contributed by atoms with Crippen molar-refractivity contribution in [2.75, 3.05) is 7.11 Å². The highest BCUT2D eigenvalue weighted by Gasteiger charge is 2.13. The summed E-state index contributed by atoms with van der Waals surface area (Å²) in [7, 11) is 1.57. The molecular weight excluding hydrogens is 324 g/mol. The van der Waals surface area contributed by atoms with E-state index in [2.05, 4.69) is 0 Å². The Hall–Kier alpha value is -2.31. The number of hydrogen-bond acceptors (Lipinski definition) is 4. The van der Waals surface area contributed by atoms with Gasteiger partial charge < -0.3 is 4.74 Å². The molecule has 1 aromatic heterocycles. The highest BCUT2D eigenvalue weighted by molar-refractivity contribution is 7.03. The summed E-state index contributed by atoms with van der Waals surface area (Å²) in [4.78, 5) is 24.3. The molecule has 0 unspecified atom stereocenters. The number of nitrogens with zero attached hydrogens (tertiary/aromatic N) is 2. The largest absolute Gasteiger partial charge is 0.497 e. The van der Waals surface area contributed by atoms with Crippen LogP contribution >= 0.6 is 23.1 Å². The first-order valence-electron chi connectivity index (χ1n) is 6.36. The summed E-state index contributed by atoms with van der Waals surface area (Å²) in [6.07, 6.45) is 0. The standard InChI is InChI=1S/C15H11ClN2O3S/c1-21-13-8-6-12(7-9-13)18-14(19)17(15(20)22-18)11-4-2-10(16)3-5-11/h2-9H,1H3. The number of ether oxygens (including phenoxy) is 1. The molecule has 1 heterocycles. The van der Waals surface area contributed by atoms with Crippen molar-refractivity contribution in [3.8, 4) is 17.1 Å². The van der Waals surface area contributed by atoms with E-state index in [9.17, 15) is 9.59 Å². The van der Waals surface area contributed by atoms with Gasteiger partial charge in [-0.3, -0.25) is 4.79 Å². The summed E-state index contributed by atoms with van der Waals surface area (Å²) in [5.41, 5.74) is 0.686. The Balaban J connectivity index is 2.12. The molecule has 0 aliphatic carbocycles. The van der Waals surface area contributed by atoms with Gasteiger partial charge in [0.05, 0.1) is 18.5 Å². The average molecular weight is 335 g/mol. The van der Waals surface area contributed by atoms with E-state index in [1.54, 1.807) is 55.6 Å². The topological polar surface area (TPSA) is 53.2 Å². The molecular formula is C15H11ClN2O3S. The molecule has 0 saturated heterocycles. The van der Waals surface area contributed by atoms with Crippen molar-refractivity contribution in [2.45, 2.75) is 0 Å². The van der Waals surface area contributed by atoms with Gasteiger partial charge in [0.25, 0.3) is 0 Å². The molecule has 0 fully saturated rings. The third-order valence-electron chi connectivity index (χ3n) is 3.11. The van der Waals surface area contributed by atoms with Gasteiger partial charge in [0.1, 0.15) is 5.75 Å². The van der Waals surface area contributed by atoms with E-state index >= 15 is 0 Å². The van der Waals surface area contributed by atoms with Crippen molar-refractivity contribution in [3.05, 3.63) is 73.7 Å². The zero-order valence-corrected chi connectivity index (χ0v) is 13.1. The summed E-state index contributed by atoms with van der Waals surface area (Å²) >= 11 is 6.67. The molecule has 0 atom stereocenters. The van der Waals surface area contributed by atoms with Gasteiger partial charge in [-0.05, 0) is 48.5 Å². The summed E-state index contributed by atoms with van der Waals surface area (Å²) < 4.78 is 7.54. The molecule has 0 radical (unpaired) electrons. The van der Waals surface area contributed by atoms with Crippen LogP contribution in [0, 0.1) is 0 Å². The van der Waals surface area contributed by atoms with Gasteiger partial charge in [-0.25, -0.2) is 13.3 Å². The summed E-state index contributed by atoms with van der Waals surface area (Å²) in [5.74, 6) is 0.682. The first kappa shape index (κ1) is 14.6. The van der Waals surface area contributed by atoms with Crippen LogP contribution in [0.25, 0.3) is 11.4 Å². The molecule has 3 rings (SSSR count). The lowest BCUT2D eigenvalue weighted by molar-refractivity contribution is 0.415. The SMILES string of the molecule is COc1ccc(-n2sc(=O)n(-c3ccc(Cl)cc3)c2=O)cc1. The smallest absolute Gasteiger partial charge is 0.350 e. The molecule has 0 bridgehead atoms. The van der Waals surface area contributed by atoms with Gasteiger partial charge in [0.2, 0.25) is 0 Å². The second-order valence-electron chi connectivity index (χ2n) is 4.44. The first-order valence-corrected chi connectivity index (χ1v) is 7.51. The first-order chi connectivity index (χ1) is 10.6. The predicted molar refractivity (Wildman–Crippen MR) is 87.1 cm³/mol. The monoisotopic (exact) mass is 334 g/mol. The minimum absolute atomic E-state index is 0.358. The maximum atomic E-state index is 12.5. The van der Waals surface area contributed by atoms with Crippen molar-refractivity contribution < 1.29 is 4.74 Å². The minimum atomic E-state index is -0.414. The second kappa shape index (κ2) is 5.82. The fraction of sp³-hybridized carbons (Fsp3) is 0.0667. The lowest BCUT2D eigenvalue weighted by Gasteiger charge is -2.02. The molecule has 5 nitrogen and oxygen atoms in total. The van der Waals surface area contributed by atoms with Gasteiger partial charge >= 0.3 is 10.6 Å². The fourth-order valence-electron chi connectivity index (χ4n) is 2.01. The molecule has 2 aromatic carbocycles. The molecule has 112 valence electrons. The molecule has 0 N–H and O–H groups in total. The van der Waals surface area contributed by atoms with Gasteiger partial charge in [0, 0.05) is 16.6 Å². The number of benzene rings is 2. The van der Waals surface area contributed by atoms with E-state index in [0.717, 1.165) is 16.1 Å². The summed E-state index contributed by atoms with van der Waals surface area (Å²) in [6, 6.07) is 13.5. The number of rotatable bonds is 3. The average Bonchev–Trinajstić information content (AvgIpc) is 2.83. The third-order valence-corrected chi connectivity index (χ3v) is 4.25. The molecule has 22 heavy (non-hydrogen) atoms. The van der Waals surface area contributed by atoms with Crippen LogP contribution in [0.4, 0.5) is 0 Å². The van der Waals surface area contributed by atoms with E-state index in [-0.39, 0.29) is 4.87 Å². The van der Waals surface area contributed by atoms with E-state index in [1.165, 1.54) is 3.96 Å². The molecule has 0 amide bonds. The Labute approximate surface area is 134 Å².